The van der Waals surface area contributed by atoms with Crippen LogP contribution in [0.25, 0.3) is 33.1 Å². The molecule has 2 N–H and O–H groups in total. The zero-order chi connectivity index (χ0) is 43.9. The van der Waals surface area contributed by atoms with Gasteiger partial charge < -0.3 is 10.1 Å². The van der Waals surface area contributed by atoms with Gasteiger partial charge in [-0.25, -0.2) is 35.6 Å². The van der Waals surface area contributed by atoms with Crippen LogP contribution in [0.1, 0.15) is 53.0 Å². The normalized spacial score (nSPS) is 17.6. The second kappa shape index (κ2) is 15.4. The van der Waals surface area contributed by atoms with Crippen LogP contribution in [0.4, 0.5) is 32.2 Å². The van der Waals surface area contributed by atoms with E-state index < -0.39 is 83.8 Å². The molecule has 1 fully saturated rings. The lowest BCUT2D eigenvalue weighted by atomic mass is 9.93. The number of fused-ring (bicyclic) bond motifs is 5. The van der Waals surface area contributed by atoms with Crippen LogP contribution in [0.3, 0.4) is 0 Å². The fraction of sp³-hybridized carbons (Fsp3) is 0.410. The predicted molar refractivity (Wildman–Crippen MR) is 218 cm³/mol. The molecule has 4 aromatic heterocycles. The number of sulfonamides is 1. The molecule has 1 saturated carbocycles. The van der Waals surface area contributed by atoms with E-state index in [9.17, 15) is 30.8 Å². The number of pyridine rings is 1. The van der Waals surface area contributed by atoms with Crippen molar-refractivity contribution in [2.45, 2.75) is 76.1 Å². The number of nitrogens with zero attached hydrogens (tertiary/aromatic N) is 7. The van der Waals surface area contributed by atoms with Gasteiger partial charge in [-0.05, 0) is 54.6 Å². The van der Waals surface area contributed by atoms with Gasteiger partial charge in [-0.1, -0.05) is 37.3 Å². The molecule has 61 heavy (non-hydrogen) atoms. The molecule has 6 aromatic rings. The molecule has 0 spiro atoms. The zero-order valence-electron chi connectivity index (χ0n) is 33.4. The number of benzene rings is 2. The van der Waals surface area contributed by atoms with Crippen molar-refractivity contribution >= 4 is 63.4 Å². The molecule has 1 amide bonds. The Labute approximate surface area is 351 Å². The average Bonchev–Trinajstić information content (AvgIpc) is 3.43. The second-order valence-electron chi connectivity index (χ2n) is 16.8. The highest BCUT2D eigenvalue weighted by Crippen LogP contribution is 2.68. The first-order valence-corrected chi connectivity index (χ1v) is 25.2. The summed E-state index contributed by atoms with van der Waals surface area (Å²) in [5.74, 6) is -8.28. The average molecular weight is 908 g/mol. The molecule has 0 radical (unpaired) electrons. The van der Waals surface area contributed by atoms with Gasteiger partial charge in [0.1, 0.15) is 41.8 Å². The lowest BCUT2D eigenvalue weighted by Gasteiger charge is -2.23. The Kier molecular flexibility index (Phi) is 10.8. The standard InChI is InChI=1S/C39H40ClF6N9O4SSi/c1-53-35-22(6-7-26(40)32(35)38(51-53)52-60(2,57)58)23-15-29-28(16-47-55(29)18-59-8-9-61(3,4)5)49-33(23)27(12-19-10-20(41)13-21(42)11-19)48-30(56)17-54-36-31(34(50-54)37(43)44)24-14-25(24)39(36,45)46/h6-7,10-11,13,15-16,24-25,27,37H,8-9,12,14,17-18H2,1-5H3,(H,48,56)(H,51,52)/t24-,25+,27-/m0/s1. The Morgan fingerprint density at radius 3 is 2.44 bits per heavy atom. The third-order valence-corrected chi connectivity index (χ3v) is 13.4. The Balaban J connectivity index is 1.28. The summed E-state index contributed by atoms with van der Waals surface area (Å²) in [6, 6.07) is 7.25. The molecule has 8 rings (SSSR count). The summed E-state index contributed by atoms with van der Waals surface area (Å²) in [4.78, 5) is 19.0. The Morgan fingerprint density at radius 1 is 1.05 bits per heavy atom. The molecular formula is C39H40ClF6N9O4SSi. The fourth-order valence-electron chi connectivity index (χ4n) is 8.11. The van der Waals surface area contributed by atoms with Gasteiger partial charge >= 0.3 is 0 Å². The van der Waals surface area contributed by atoms with Crippen molar-refractivity contribution in [2.24, 2.45) is 13.0 Å². The minimum atomic E-state index is -3.84. The number of amides is 1. The number of rotatable bonds is 15. The Morgan fingerprint density at radius 2 is 1.77 bits per heavy atom. The maximum absolute atomic E-state index is 15.5. The molecule has 324 valence electrons. The molecule has 0 bridgehead atoms. The summed E-state index contributed by atoms with van der Waals surface area (Å²) in [5, 5.41) is 15.8. The summed E-state index contributed by atoms with van der Waals surface area (Å²) in [7, 11) is -3.72. The van der Waals surface area contributed by atoms with E-state index in [0.29, 0.717) is 45.0 Å². The van der Waals surface area contributed by atoms with Crippen molar-refractivity contribution in [3.8, 4) is 11.1 Å². The van der Waals surface area contributed by atoms with Crippen molar-refractivity contribution in [3.05, 3.63) is 87.5 Å². The van der Waals surface area contributed by atoms with E-state index in [-0.39, 0.29) is 52.6 Å². The van der Waals surface area contributed by atoms with Crippen LogP contribution in [0.5, 0.6) is 0 Å². The minimum absolute atomic E-state index is 0.0302. The predicted octanol–water partition coefficient (Wildman–Crippen LogP) is 8.04. The van der Waals surface area contributed by atoms with Gasteiger partial charge in [0.2, 0.25) is 15.9 Å². The largest absolute Gasteiger partial charge is 0.360 e. The number of carbonyl (C=O) groups excluding carboxylic acids is 1. The van der Waals surface area contributed by atoms with Crippen molar-refractivity contribution in [1.29, 1.82) is 0 Å². The summed E-state index contributed by atoms with van der Waals surface area (Å²) in [6.45, 7) is 6.27. The van der Waals surface area contributed by atoms with Crippen LogP contribution in [-0.4, -0.2) is 69.6 Å². The van der Waals surface area contributed by atoms with Gasteiger partial charge in [0.15, 0.2) is 5.82 Å². The van der Waals surface area contributed by atoms with Gasteiger partial charge in [0, 0.05) is 50.4 Å². The molecule has 2 aliphatic rings. The number of carbonyl (C=O) groups is 1. The number of hydrogen-bond donors (Lipinski definition) is 2. The number of halogens is 7. The molecule has 0 unspecified atom stereocenters. The maximum atomic E-state index is 15.5. The van der Waals surface area contributed by atoms with Crippen LogP contribution in [0, 0.1) is 17.6 Å². The molecule has 22 heteroatoms. The maximum Gasteiger partial charge on any atom is 0.293 e. The Hall–Kier alpha value is -4.99. The smallest absolute Gasteiger partial charge is 0.293 e. The first-order valence-electron chi connectivity index (χ1n) is 19.2. The van der Waals surface area contributed by atoms with Crippen molar-refractivity contribution in [2.75, 3.05) is 17.6 Å². The minimum Gasteiger partial charge on any atom is -0.360 e. The quantitative estimate of drug-likeness (QED) is 0.0598. The monoisotopic (exact) mass is 907 g/mol. The van der Waals surface area contributed by atoms with Gasteiger partial charge in [-0.2, -0.15) is 24.1 Å². The van der Waals surface area contributed by atoms with Crippen LogP contribution >= 0.6 is 11.6 Å². The number of ether oxygens (including phenoxy) is 1. The fourth-order valence-corrected chi connectivity index (χ4v) is 9.60. The lowest BCUT2D eigenvalue weighted by Crippen LogP contribution is -2.35. The van der Waals surface area contributed by atoms with Gasteiger partial charge in [-0.3, -0.25) is 18.9 Å². The van der Waals surface area contributed by atoms with E-state index in [2.05, 4.69) is 45.0 Å². The summed E-state index contributed by atoms with van der Waals surface area (Å²) >= 11 is 6.68. The summed E-state index contributed by atoms with van der Waals surface area (Å²) < 4.78 is 125. The van der Waals surface area contributed by atoms with Gasteiger partial charge in [0.05, 0.1) is 45.6 Å². The first-order chi connectivity index (χ1) is 28.6. The van der Waals surface area contributed by atoms with E-state index >= 15 is 8.78 Å². The van der Waals surface area contributed by atoms with Gasteiger partial charge in [0.25, 0.3) is 12.3 Å². The van der Waals surface area contributed by atoms with E-state index in [4.69, 9.17) is 21.3 Å². The lowest BCUT2D eigenvalue weighted by molar-refractivity contribution is -0.123. The SMILES string of the molecule is Cn1nc(NS(C)(=O)=O)c2c(Cl)ccc(-c3cc4c(cnn4COCC[Si](C)(C)C)nc3[C@H](Cc3cc(F)cc(F)c3)NC(=O)Cn3nc(C(F)F)c4c3C(F)(F)[C@@H]3C[C@H]43)c21. The molecule has 4 heterocycles. The molecule has 13 nitrogen and oxygen atoms in total. The summed E-state index contributed by atoms with van der Waals surface area (Å²) in [5.41, 5.74) is 0.207. The molecule has 0 saturated heterocycles. The van der Waals surface area contributed by atoms with Crippen LogP contribution in [0.15, 0.2) is 42.6 Å². The number of anilines is 1. The highest BCUT2D eigenvalue weighted by molar-refractivity contribution is 7.92. The van der Waals surface area contributed by atoms with Crippen molar-refractivity contribution in [3.63, 3.8) is 0 Å². The topological polar surface area (TPSA) is 151 Å². The number of nitrogens with one attached hydrogen (secondary N) is 2. The second-order valence-corrected chi connectivity index (χ2v) is 24.5. The van der Waals surface area contributed by atoms with Crippen LogP contribution in [-0.2, 0) is 52.2 Å². The van der Waals surface area contributed by atoms with E-state index in [0.717, 1.165) is 24.4 Å². The molecule has 0 aliphatic heterocycles. The molecular weight excluding hydrogens is 868 g/mol. The summed E-state index contributed by atoms with van der Waals surface area (Å²) in [6.07, 6.45) is -1.02. The number of alkyl halides is 4. The molecule has 3 atom stereocenters. The highest BCUT2D eigenvalue weighted by Gasteiger charge is 2.67. The number of hydrogen-bond acceptors (Lipinski definition) is 8. The zero-order valence-corrected chi connectivity index (χ0v) is 36.0. The molecule has 2 aromatic carbocycles. The van der Waals surface area contributed by atoms with Gasteiger partial charge in [-0.15, -0.1) is 0 Å². The molecule has 2 aliphatic carbocycles. The van der Waals surface area contributed by atoms with E-state index in [1.54, 1.807) is 23.9 Å². The Bertz CT molecular complexity index is 2820. The van der Waals surface area contributed by atoms with Crippen molar-refractivity contribution in [1.82, 2.24) is 39.6 Å². The highest BCUT2D eigenvalue weighted by atomic mass is 35.5. The van der Waals surface area contributed by atoms with Crippen molar-refractivity contribution < 1.29 is 44.3 Å². The van der Waals surface area contributed by atoms with Crippen LogP contribution in [0.2, 0.25) is 30.7 Å². The first kappa shape index (κ1) is 42.7. The third-order valence-electron chi connectivity index (χ3n) is 10.9. The number of aryl methyl sites for hydroxylation is 1. The number of aromatic nitrogens is 7. The van der Waals surface area contributed by atoms with Crippen LogP contribution < -0.4 is 10.0 Å². The third kappa shape index (κ3) is 8.36. The van der Waals surface area contributed by atoms with E-state index in [1.165, 1.54) is 16.9 Å². The van der Waals surface area contributed by atoms with E-state index in [1.807, 2.05) is 0 Å².